The number of hydrogen-bond donors (Lipinski definition) is 1. The fraction of sp³-hybridized carbons (Fsp3) is 0.143. The summed E-state index contributed by atoms with van der Waals surface area (Å²) in [6.07, 6.45) is 0. The van der Waals surface area contributed by atoms with Crippen LogP contribution in [0.15, 0.2) is 22.7 Å². The summed E-state index contributed by atoms with van der Waals surface area (Å²) in [7, 11) is 0. The Morgan fingerprint density at radius 1 is 1.58 bits per heavy atom. The fourth-order valence-electron chi connectivity index (χ4n) is 0.825. The van der Waals surface area contributed by atoms with Crippen molar-refractivity contribution < 1.29 is 4.92 Å². The molecule has 0 saturated heterocycles. The van der Waals surface area contributed by atoms with Gasteiger partial charge in [0.05, 0.1) is 9.40 Å². The largest absolute Gasteiger partial charge is 0.326 e. The van der Waals surface area contributed by atoms with Gasteiger partial charge in [-0.1, -0.05) is 6.07 Å². The molecule has 5 heteroatoms. The van der Waals surface area contributed by atoms with Crippen LogP contribution in [0.4, 0.5) is 5.69 Å². The second kappa shape index (κ2) is 3.64. The predicted octanol–water partition coefficient (Wildman–Crippen LogP) is 1.82. The SMILES string of the molecule is NCc1ccc([N+](=O)[O-])c(Br)c1. The van der Waals surface area contributed by atoms with Gasteiger partial charge in [-0.15, -0.1) is 0 Å². The molecule has 1 aromatic rings. The van der Waals surface area contributed by atoms with E-state index in [4.69, 9.17) is 5.73 Å². The van der Waals surface area contributed by atoms with Crippen LogP contribution in [0.3, 0.4) is 0 Å². The summed E-state index contributed by atoms with van der Waals surface area (Å²) in [6.45, 7) is 0.386. The van der Waals surface area contributed by atoms with Crippen LogP contribution in [-0.2, 0) is 6.54 Å². The second-order valence-corrected chi connectivity index (χ2v) is 3.10. The molecule has 0 unspecified atom stereocenters. The molecule has 0 aliphatic carbocycles. The molecule has 1 aromatic carbocycles. The van der Waals surface area contributed by atoms with Gasteiger partial charge in [-0.2, -0.15) is 0 Å². The molecule has 2 N–H and O–H groups in total. The van der Waals surface area contributed by atoms with Gasteiger partial charge in [0.1, 0.15) is 0 Å². The Balaban J connectivity index is 3.12. The van der Waals surface area contributed by atoms with Crippen molar-refractivity contribution in [2.75, 3.05) is 0 Å². The first kappa shape index (κ1) is 9.15. The number of benzene rings is 1. The van der Waals surface area contributed by atoms with E-state index < -0.39 is 4.92 Å². The Bertz CT molecular complexity index is 314. The molecule has 0 aromatic heterocycles. The molecular formula is C7H7BrN2O2. The van der Waals surface area contributed by atoms with E-state index in [9.17, 15) is 10.1 Å². The van der Waals surface area contributed by atoms with Crippen molar-refractivity contribution in [1.29, 1.82) is 0 Å². The highest BCUT2D eigenvalue weighted by molar-refractivity contribution is 9.10. The first-order valence-corrected chi connectivity index (χ1v) is 4.07. The van der Waals surface area contributed by atoms with Crippen molar-refractivity contribution in [3.8, 4) is 0 Å². The van der Waals surface area contributed by atoms with Gasteiger partial charge in [-0.25, -0.2) is 0 Å². The molecule has 64 valence electrons. The molecule has 0 amide bonds. The number of nitrogens with two attached hydrogens (primary N) is 1. The van der Waals surface area contributed by atoms with E-state index in [1.165, 1.54) is 6.07 Å². The third kappa shape index (κ3) is 1.80. The molecule has 0 atom stereocenters. The van der Waals surface area contributed by atoms with Crippen LogP contribution < -0.4 is 5.73 Å². The van der Waals surface area contributed by atoms with Gasteiger partial charge in [-0.05, 0) is 27.6 Å². The first-order chi connectivity index (χ1) is 5.65. The van der Waals surface area contributed by atoms with E-state index in [-0.39, 0.29) is 5.69 Å². The normalized spacial score (nSPS) is 9.83. The quantitative estimate of drug-likeness (QED) is 0.623. The van der Waals surface area contributed by atoms with E-state index in [0.29, 0.717) is 11.0 Å². The maximum Gasteiger partial charge on any atom is 0.283 e. The summed E-state index contributed by atoms with van der Waals surface area (Å²) >= 11 is 3.09. The highest BCUT2D eigenvalue weighted by Gasteiger charge is 2.10. The van der Waals surface area contributed by atoms with Crippen LogP contribution in [0, 0.1) is 10.1 Å². The molecule has 0 bridgehead atoms. The number of halogens is 1. The van der Waals surface area contributed by atoms with Gasteiger partial charge >= 0.3 is 0 Å². The average Bonchev–Trinajstić information content (AvgIpc) is 2.03. The van der Waals surface area contributed by atoms with E-state index in [1.54, 1.807) is 12.1 Å². The topological polar surface area (TPSA) is 69.2 Å². The van der Waals surface area contributed by atoms with Crippen molar-refractivity contribution in [1.82, 2.24) is 0 Å². The van der Waals surface area contributed by atoms with Crippen molar-refractivity contribution in [2.45, 2.75) is 6.54 Å². The fourth-order valence-corrected chi connectivity index (χ4v) is 1.40. The van der Waals surface area contributed by atoms with Gasteiger partial charge in [0.15, 0.2) is 0 Å². The summed E-state index contributed by atoms with van der Waals surface area (Å²) in [6, 6.07) is 4.73. The van der Waals surface area contributed by atoms with Crippen LogP contribution >= 0.6 is 15.9 Å². The Morgan fingerprint density at radius 2 is 2.25 bits per heavy atom. The lowest BCUT2D eigenvalue weighted by Gasteiger charge is -1.98. The average molecular weight is 231 g/mol. The molecule has 0 heterocycles. The van der Waals surface area contributed by atoms with E-state index >= 15 is 0 Å². The lowest BCUT2D eigenvalue weighted by atomic mass is 10.2. The molecule has 1 rings (SSSR count). The summed E-state index contributed by atoms with van der Waals surface area (Å²) in [4.78, 5) is 9.93. The summed E-state index contributed by atoms with van der Waals surface area (Å²) in [5, 5.41) is 10.4. The molecule has 0 aliphatic heterocycles. The van der Waals surface area contributed by atoms with Crippen molar-refractivity contribution >= 4 is 21.6 Å². The minimum Gasteiger partial charge on any atom is -0.326 e. The smallest absolute Gasteiger partial charge is 0.283 e. The molecular weight excluding hydrogens is 224 g/mol. The van der Waals surface area contributed by atoms with Crippen molar-refractivity contribution in [3.63, 3.8) is 0 Å². The highest BCUT2D eigenvalue weighted by Crippen LogP contribution is 2.25. The van der Waals surface area contributed by atoms with E-state index in [2.05, 4.69) is 15.9 Å². The van der Waals surface area contributed by atoms with Gasteiger partial charge in [0.2, 0.25) is 0 Å². The zero-order valence-electron chi connectivity index (χ0n) is 6.16. The van der Waals surface area contributed by atoms with Gasteiger partial charge < -0.3 is 5.73 Å². The standard InChI is InChI=1S/C7H7BrN2O2/c8-6-3-5(4-9)1-2-7(6)10(11)12/h1-3H,4,9H2. The monoisotopic (exact) mass is 230 g/mol. The minimum atomic E-state index is -0.440. The molecule has 4 nitrogen and oxygen atoms in total. The number of rotatable bonds is 2. The Hall–Kier alpha value is -0.940. The summed E-state index contributed by atoms with van der Waals surface area (Å²) in [5.41, 5.74) is 6.28. The Morgan fingerprint density at radius 3 is 2.67 bits per heavy atom. The maximum absolute atomic E-state index is 10.4. The number of nitrogens with zero attached hydrogens (tertiary/aromatic N) is 1. The third-order valence-electron chi connectivity index (χ3n) is 1.44. The van der Waals surface area contributed by atoms with Crippen molar-refractivity contribution in [3.05, 3.63) is 38.3 Å². The van der Waals surface area contributed by atoms with Crippen LogP contribution in [0.5, 0.6) is 0 Å². The Labute approximate surface area is 77.7 Å². The third-order valence-corrected chi connectivity index (χ3v) is 2.08. The van der Waals surface area contributed by atoms with Gasteiger partial charge in [-0.3, -0.25) is 10.1 Å². The zero-order chi connectivity index (χ0) is 9.14. The Kier molecular flexibility index (Phi) is 2.78. The molecule has 0 radical (unpaired) electrons. The minimum absolute atomic E-state index is 0.0622. The summed E-state index contributed by atoms with van der Waals surface area (Å²) in [5.74, 6) is 0. The highest BCUT2D eigenvalue weighted by atomic mass is 79.9. The van der Waals surface area contributed by atoms with Crippen LogP contribution in [0.2, 0.25) is 0 Å². The first-order valence-electron chi connectivity index (χ1n) is 3.28. The molecule has 12 heavy (non-hydrogen) atoms. The van der Waals surface area contributed by atoms with E-state index in [1.807, 2.05) is 0 Å². The molecule has 0 fully saturated rings. The van der Waals surface area contributed by atoms with Crippen LogP contribution in [0.25, 0.3) is 0 Å². The second-order valence-electron chi connectivity index (χ2n) is 2.25. The van der Waals surface area contributed by atoms with Crippen molar-refractivity contribution in [2.24, 2.45) is 5.73 Å². The lowest BCUT2D eigenvalue weighted by molar-refractivity contribution is -0.385. The van der Waals surface area contributed by atoms with Crippen LogP contribution in [-0.4, -0.2) is 4.92 Å². The molecule has 0 spiro atoms. The lowest BCUT2D eigenvalue weighted by Crippen LogP contribution is -1.97. The number of nitro groups is 1. The van der Waals surface area contributed by atoms with Gasteiger partial charge in [0, 0.05) is 12.6 Å². The molecule has 0 saturated carbocycles. The summed E-state index contributed by atoms with van der Waals surface area (Å²) < 4.78 is 0.468. The van der Waals surface area contributed by atoms with Gasteiger partial charge in [0.25, 0.3) is 5.69 Å². The predicted molar refractivity (Wildman–Crippen MR) is 48.7 cm³/mol. The van der Waals surface area contributed by atoms with Crippen LogP contribution in [0.1, 0.15) is 5.56 Å². The number of nitro benzene ring substituents is 1. The maximum atomic E-state index is 10.4. The van der Waals surface area contributed by atoms with E-state index in [0.717, 1.165) is 5.56 Å². The zero-order valence-corrected chi connectivity index (χ0v) is 7.74. The number of hydrogen-bond acceptors (Lipinski definition) is 3. The molecule has 0 aliphatic rings.